The molecule has 5 rings (SSSR count). The number of nitrogens with zero attached hydrogens (tertiary/aromatic N) is 4. The quantitative estimate of drug-likeness (QED) is 0.316. The molecule has 1 atom stereocenters. The second-order valence-corrected chi connectivity index (χ2v) is 12.5. The summed E-state index contributed by atoms with van der Waals surface area (Å²) in [6.07, 6.45) is 4.46. The highest BCUT2D eigenvalue weighted by Crippen LogP contribution is 2.34. The molecule has 7 nitrogen and oxygen atoms in total. The summed E-state index contributed by atoms with van der Waals surface area (Å²) in [7, 11) is -3.61. The average Bonchev–Trinajstić information content (AvgIpc) is 3.32. The van der Waals surface area contributed by atoms with Crippen molar-refractivity contribution < 1.29 is 13.2 Å². The van der Waals surface area contributed by atoms with E-state index in [1.165, 1.54) is 23.5 Å². The van der Waals surface area contributed by atoms with E-state index in [0.29, 0.717) is 17.2 Å². The van der Waals surface area contributed by atoms with Crippen LogP contribution in [0.25, 0.3) is 10.2 Å². The minimum atomic E-state index is -3.61. The van der Waals surface area contributed by atoms with E-state index < -0.39 is 10.0 Å². The number of hydrogen-bond donors (Lipinski definition) is 0. The maximum Gasteiger partial charge on any atom is 0.260 e. The second kappa shape index (κ2) is 10.3. The molecule has 0 aliphatic carbocycles. The Hall–Kier alpha value is -3.14. The molecule has 0 spiro atoms. The number of anilines is 1. The fourth-order valence-corrected chi connectivity index (χ4v) is 7.56. The summed E-state index contributed by atoms with van der Waals surface area (Å²) >= 11 is 1.47. The van der Waals surface area contributed by atoms with Crippen LogP contribution in [0.5, 0.6) is 0 Å². The number of aryl methyl sites for hydroxylation is 2. The topological polar surface area (TPSA) is 83.5 Å². The number of benzene rings is 2. The van der Waals surface area contributed by atoms with Gasteiger partial charge in [-0.3, -0.25) is 14.7 Å². The highest BCUT2D eigenvalue weighted by molar-refractivity contribution is 7.89. The van der Waals surface area contributed by atoms with Gasteiger partial charge in [-0.25, -0.2) is 13.4 Å². The van der Waals surface area contributed by atoms with Crippen LogP contribution >= 0.6 is 11.3 Å². The number of hydrogen-bond acceptors (Lipinski definition) is 6. The van der Waals surface area contributed by atoms with Crippen LogP contribution in [0.4, 0.5) is 5.13 Å². The van der Waals surface area contributed by atoms with E-state index in [9.17, 15) is 13.2 Å². The van der Waals surface area contributed by atoms with Crippen molar-refractivity contribution in [2.45, 2.75) is 57.5 Å². The molecule has 1 aliphatic rings. The summed E-state index contributed by atoms with van der Waals surface area (Å²) in [6, 6.07) is 16.0. The first-order chi connectivity index (χ1) is 17.7. The van der Waals surface area contributed by atoms with Gasteiger partial charge in [-0.2, -0.15) is 4.31 Å². The summed E-state index contributed by atoms with van der Waals surface area (Å²) in [5, 5.41) is 0.582. The van der Waals surface area contributed by atoms with Gasteiger partial charge < -0.3 is 0 Å². The van der Waals surface area contributed by atoms with Crippen LogP contribution in [-0.2, 0) is 16.6 Å². The third-order valence-electron chi connectivity index (χ3n) is 6.78. The van der Waals surface area contributed by atoms with Crippen molar-refractivity contribution in [3.05, 3.63) is 83.2 Å². The van der Waals surface area contributed by atoms with Crippen molar-refractivity contribution >= 4 is 42.6 Å². The van der Waals surface area contributed by atoms with Crippen molar-refractivity contribution in [1.29, 1.82) is 0 Å². The van der Waals surface area contributed by atoms with Crippen molar-refractivity contribution in [3.63, 3.8) is 0 Å². The van der Waals surface area contributed by atoms with Gasteiger partial charge in [0, 0.05) is 24.3 Å². The molecule has 37 heavy (non-hydrogen) atoms. The average molecular weight is 535 g/mol. The maximum absolute atomic E-state index is 13.8. The molecule has 0 saturated carbocycles. The Balaban J connectivity index is 1.49. The van der Waals surface area contributed by atoms with Gasteiger partial charge in [0.2, 0.25) is 10.0 Å². The maximum atomic E-state index is 13.8. The van der Waals surface area contributed by atoms with Crippen LogP contribution < -0.4 is 4.90 Å². The fourth-order valence-electron chi connectivity index (χ4n) is 4.85. The number of rotatable bonds is 6. The normalized spacial score (nSPS) is 16.7. The van der Waals surface area contributed by atoms with Gasteiger partial charge in [0.05, 0.1) is 27.4 Å². The molecule has 2 aromatic heterocycles. The predicted octanol–water partition coefficient (Wildman–Crippen LogP) is 5.72. The van der Waals surface area contributed by atoms with Crippen LogP contribution in [0.3, 0.4) is 0 Å². The molecule has 3 heterocycles. The van der Waals surface area contributed by atoms with E-state index >= 15 is 0 Å². The third-order valence-corrected chi connectivity index (χ3v) is 10.0. The van der Waals surface area contributed by atoms with E-state index in [4.69, 9.17) is 4.98 Å². The molecule has 0 radical (unpaired) electrons. The van der Waals surface area contributed by atoms with Gasteiger partial charge in [-0.1, -0.05) is 29.9 Å². The van der Waals surface area contributed by atoms with Crippen molar-refractivity contribution in [3.8, 4) is 0 Å². The number of pyridine rings is 1. The molecule has 2 aromatic carbocycles. The van der Waals surface area contributed by atoms with Gasteiger partial charge in [-0.05, 0) is 87.2 Å². The number of carbonyl (C=O) groups is 1. The predicted molar refractivity (Wildman–Crippen MR) is 147 cm³/mol. The number of piperidine rings is 1. The smallest absolute Gasteiger partial charge is 0.260 e. The molecule has 0 N–H and O–H groups in total. The number of aromatic nitrogens is 2. The van der Waals surface area contributed by atoms with Crippen LogP contribution in [0.1, 0.15) is 53.4 Å². The number of fused-ring (bicyclic) bond motifs is 1. The van der Waals surface area contributed by atoms with Gasteiger partial charge >= 0.3 is 0 Å². The fraction of sp³-hybridized carbons (Fsp3) is 0.321. The molecule has 1 amide bonds. The zero-order valence-electron chi connectivity index (χ0n) is 21.2. The summed E-state index contributed by atoms with van der Waals surface area (Å²) in [5.41, 5.74) is 4.22. The van der Waals surface area contributed by atoms with E-state index in [1.807, 2.05) is 45.0 Å². The molecule has 0 bridgehead atoms. The minimum Gasteiger partial charge on any atom is -0.278 e. The lowest BCUT2D eigenvalue weighted by molar-refractivity contribution is 0.0984. The van der Waals surface area contributed by atoms with E-state index in [-0.39, 0.29) is 23.4 Å². The SMILES string of the molecule is Cc1cc(C)c2sc(N(Cc3ccccn3)C(=O)c3ccc(S(=O)(=O)N4CCCC[C@H]4C)cc3)nc2c1. The summed E-state index contributed by atoms with van der Waals surface area (Å²) < 4.78 is 29.1. The Morgan fingerprint density at radius 2 is 1.89 bits per heavy atom. The number of carbonyl (C=O) groups excluding carboxylic acids is 1. The summed E-state index contributed by atoms with van der Waals surface area (Å²) in [6.45, 7) is 6.81. The molecule has 1 aliphatic heterocycles. The van der Waals surface area contributed by atoms with Gasteiger partial charge in [0.1, 0.15) is 0 Å². The highest BCUT2D eigenvalue weighted by atomic mass is 32.2. The largest absolute Gasteiger partial charge is 0.278 e. The number of thiazole rings is 1. The van der Waals surface area contributed by atoms with Gasteiger partial charge in [0.25, 0.3) is 5.91 Å². The lowest BCUT2D eigenvalue weighted by atomic mass is 10.1. The Morgan fingerprint density at radius 3 is 2.59 bits per heavy atom. The Kier molecular flexibility index (Phi) is 7.11. The first-order valence-corrected chi connectivity index (χ1v) is 14.7. The highest BCUT2D eigenvalue weighted by Gasteiger charge is 2.31. The minimum absolute atomic E-state index is 0.0277. The van der Waals surface area contributed by atoms with Crippen molar-refractivity contribution in [2.24, 2.45) is 0 Å². The number of sulfonamides is 1. The molecule has 1 fully saturated rings. The van der Waals surface area contributed by atoms with E-state index in [2.05, 4.69) is 11.1 Å². The van der Waals surface area contributed by atoms with Crippen molar-refractivity contribution in [2.75, 3.05) is 11.4 Å². The second-order valence-electron chi connectivity index (χ2n) is 9.62. The lowest BCUT2D eigenvalue weighted by Crippen LogP contribution is -2.41. The standard InChI is InChI=1S/C28H30N4O3S2/c1-19-16-20(2)26-25(17-19)30-28(36-26)31(18-23-9-4-6-14-29-23)27(33)22-10-12-24(13-11-22)37(34,35)32-15-7-5-8-21(32)3/h4,6,9-14,16-17,21H,5,7-8,15,18H2,1-3H3/t21-/m1/s1. The molecular weight excluding hydrogens is 504 g/mol. The molecule has 1 saturated heterocycles. The molecule has 0 unspecified atom stereocenters. The van der Waals surface area contributed by atoms with E-state index in [0.717, 1.165) is 46.3 Å². The van der Waals surface area contributed by atoms with Crippen LogP contribution in [-0.4, -0.2) is 41.2 Å². The van der Waals surface area contributed by atoms with Crippen LogP contribution in [0.2, 0.25) is 0 Å². The zero-order valence-corrected chi connectivity index (χ0v) is 22.8. The molecule has 4 aromatic rings. The van der Waals surface area contributed by atoms with E-state index in [1.54, 1.807) is 27.5 Å². The number of amides is 1. The third kappa shape index (κ3) is 5.16. The Labute approximate surface area is 221 Å². The van der Waals surface area contributed by atoms with Crippen LogP contribution in [0.15, 0.2) is 65.7 Å². The summed E-state index contributed by atoms with van der Waals surface area (Å²) in [5.74, 6) is -0.255. The van der Waals surface area contributed by atoms with Crippen LogP contribution in [0, 0.1) is 13.8 Å². The lowest BCUT2D eigenvalue weighted by Gasteiger charge is -2.32. The Morgan fingerprint density at radius 1 is 1.11 bits per heavy atom. The van der Waals surface area contributed by atoms with Gasteiger partial charge in [0.15, 0.2) is 5.13 Å². The first-order valence-electron chi connectivity index (χ1n) is 12.5. The molecule has 9 heteroatoms. The van der Waals surface area contributed by atoms with Gasteiger partial charge in [-0.15, -0.1) is 0 Å². The summed E-state index contributed by atoms with van der Waals surface area (Å²) in [4.78, 5) is 24.8. The van der Waals surface area contributed by atoms with Crippen molar-refractivity contribution in [1.82, 2.24) is 14.3 Å². The first kappa shape index (κ1) is 25.5. The molecule has 192 valence electrons. The zero-order chi connectivity index (χ0) is 26.2. The Bertz CT molecular complexity index is 1530. The monoisotopic (exact) mass is 534 g/mol. The molecular formula is C28H30N4O3S2.